The molecule has 0 aliphatic heterocycles. The fraction of sp³-hybridized carbons (Fsp3) is 0.333. The van der Waals surface area contributed by atoms with Crippen molar-refractivity contribution in [3.05, 3.63) is 36.4 Å². The topological polar surface area (TPSA) is 93.2 Å². The van der Waals surface area contributed by atoms with E-state index in [1.54, 1.807) is 19.1 Å². The van der Waals surface area contributed by atoms with E-state index in [0.717, 1.165) is 11.4 Å². The van der Waals surface area contributed by atoms with Crippen molar-refractivity contribution in [1.82, 2.24) is 10.2 Å². The maximum absolute atomic E-state index is 11.7. The lowest BCUT2D eigenvalue weighted by molar-refractivity contribution is 0.340. The molecule has 23 heavy (non-hydrogen) atoms. The molecule has 0 saturated carbocycles. The van der Waals surface area contributed by atoms with Gasteiger partial charge in [0.25, 0.3) is 0 Å². The Bertz CT molecular complexity index is 715. The molecular weight excluding hydrogens is 316 g/mol. The van der Waals surface area contributed by atoms with Crippen LogP contribution in [0.5, 0.6) is 5.75 Å². The van der Waals surface area contributed by atoms with Gasteiger partial charge in [0.15, 0.2) is 11.6 Å². The molecule has 8 heteroatoms. The Morgan fingerprint density at radius 2 is 1.65 bits per heavy atom. The highest BCUT2D eigenvalue weighted by Crippen LogP contribution is 2.19. The second-order valence-electron chi connectivity index (χ2n) is 4.81. The van der Waals surface area contributed by atoms with Crippen LogP contribution in [-0.2, 0) is 10.0 Å². The van der Waals surface area contributed by atoms with Gasteiger partial charge in [-0.2, -0.15) is 0 Å². The number of hydrogen-bond donors (Lipinski definition) is 2. The van der Waals surface area contributed by atoms with Crippen LogP contribution in [0.1, 0.15) is 20.3 Å². The van der Waals surface area contributed by atoms with Crippen molar-refractivity contribution in [3.63, 3.8) is 0 Å². The molecule has 124 valence electrons. The average molecular weight is 336 g/mol. The van der Waals surface area contributed by atoms with Crippen LogP contribution in [0.25, 0.3) is 0 Å². The molecule has 2 rings (SSSR count). The first-order valence-corrected chi connectivity index (χ1v) is 9.01. The molecule has 2 N–H and O–H groups in total. The summed E-state index contributed by atoms with van der Waals surface area (Å²) in [5.74, 6) is 1.58. The number of sulfonamides is 1. The highest BCUT2D eigenvalue weighted by molar-refractivity contribution is 7.92. The Labute approximate surface area is 136 Å². The maximum atomic E-state index is 11.7. The first kappa shape index (κ1) is 17.0. The van der Waals surface area contributed by atoms with Crippen LogP contribution >= 0.6 is 0 Å². The molecule has 1 aromatic heterocycles. The Kier molecular flexibility index (Phi) is 5.75. The summed E-state index contributed by atoms with van der Waals surface area (Å²) in [6, 6.07) is 10.7. The first-order valence-electron chi connectivity index (χ1n) is 7.36. The summed E-state index contributed by atoms with van der Waals surface area (Å²) < 4.78 is 31.1. The Balaban J connectivity index is 1.99. The van der Waals surface area contributed by atoms with Gasteiger partial charge in [0.1, 0.15) is 5.75 Å². The average Bonchev–Trinajstić information content (AvgIpc) is 2.51. The molecule has 2 aromatic rings. The standard InChI is InChI=1S/C15H20N4O3S/c1-3-11-23(20,21)19-15-10-9-14(17-18-15)16-12-5-7-13(8-6-12)22-4-2/h5-10H,3-4,11H2,1-2H3,(H,16,17)(H,18,19). The highest BCUT2D eigenvalue weighted by atomic mass is 32.2. The zero-order valence-electron chi connectivity index (χ0n) is 13.1. The van der Waals surface area contributed by atoms with Gasteiger partial charge in [0.05, 0.1) is 12.4 Å². The van der Waals surface area contributed by atoms with E-state index in [0.29, 0.717) is 18.8 Å². The third-order valence-electron chi connectivity index (χ3n) is 2.84. The van der Waals surface area contributed by atoms with Crippen molar-refractivity contribution in [2.24, 2.45) is 0 Å². The van der Waals surface area contributed by atoms with E-state index in [2.05, 4.69) is 20.2 Å². The van der Waals surface area contributed by atoms with Crippen LogP contribution in [0.15, 0.2) is 36.4 Å². The molecule has 0 aliphatic rings. The lowest BCUT2D eigenvalue weighted by atomic mass is 10.3. The predicted molar refractivity (Wildman–Crippen MR) is 90.6 cm³/mol. The smallest absolute Gasteiger partial charge is 0.233 e. The summed E-state index contributed by atoms with van der Waals surface area (Å²) in [7, 11) is -3.35. The molecule has 0 saturated heterocycles. The van der Waals surface area contributed by atoms with Crippen molar-refractivity contribution < 1.29 is 13.2 Å². The Hall–Kier alpha value is -2.35. The van der Waals surface area contributed by atoms with Crippen molar-refractivity contribution in [2.75, 3.05) is 22.4 Å². The normalized spacial score (nSPS) is 11.0. The van der Waals surface area contributed by atoms with E-state index in [4.69, 9.17) is 4.74 Å². The molecule has 0 unspecified atom stereocenters. The van der Waals surface area contributed by atoms with Crippen molar-refractivity contribution in [2.45, 2.75) is 20.3 Å². The summed E-state index contributed by atoms with van der Waals surface area (Å²) in [6.07, 6.45) is 0.542. The van der Waals surface area contributed by atoms with Crippen LogP contribution < -0.4 is 14.8 Å². The van der Waals surface area contributed by atoms with Gasteiger partial charge in [0.2, 0.25) is 10.0 Å². The molecule has 0 fully saturated rings. The molecule has 1 heterocycles. The molecule has 1 aromatic carbocycles. The molecule has 7 nitrogen and oxygen atoms in total. The number of anilines is 3. The molecule has 0 atom stereocenters. The zero-order valence-corrected chi connectivity index (χ0v) is 13.9. The number of hydrogen-bond acceptors (Lipinski definition) is 6. The van der Waals surface area contributed by atoms with E-state index in [1.165, 1.54) is 0 Å². The van der Waals surface area contributed by atoms with Gasteiger partial charge in [-0.05, 0) is 49.7 Å². The zero-order chi connectivity index (χ0) is 16.7. The highest BCUT2D eigenvalue weighted by Gasteiger charge is 2.09. The Morgan fingerprint density at radius 1 is 1.00 bits per heavy atom. The summed E-state index contributed by atoms with van der Waals surface area (Å²) >= 11 is 0. The lowest BCUT2D eigenvalue weighted by Crippen LogP contribution is -2.17. The SMILES string of the molecule is CCCS(=O)(=O)Nc1ccc(Nc2ccc(OCC)cc2)nn1. The quantitative estimate of drug-likeness (QED) is 0.770. The van der Waals surface area contributed by atoms with Gasteiger partial charge < -0.3 is 10.1 Å². The third kappa shape index (κ3) is 5.41. The molecule has 0 bridgehead atoms. The summed E-state index contributed by atoms with van der Waals surface area (Å²) in [6.45, 7) is 4.35. The van der Waals surface area contributed by atoms with Crippen LogP contribution in [0.2, 0.25) is 0 Å². The Morgan fingerprint density at radius 3 is 2.22 bits per heavy atom. The lowest BCUT2D eigenvalue weighted by Gasteiger charge is -2.08. The van der Waals surface area contributed by atoms with Crippen molar-refractivity contribution in [3.8, 4) is 5.75 Å². The summed E-state index contributed by atoms with van der Waals surface area (Å²) in [5.41, 5.74) is 0.835. The summed E-state index contributed by atoms with van der Waals surface area (Å²) in [4.78, 5) is 0. The second-order valence-corrected chi connectivity index (χ2v) is 6.65. The van der Waals surface area contributed by atoms with Gasteiger partial charge in [0, 0.05) is 5.69 Å². The number of aromatic nitrogens is 2. The van der Waals surface area contributed by atoms with Gasteiger partial charge in [-0.1, -0.05) is 6.92 Å². The summed E-state index contributed by atoms with van der Waals surface area (Å²) in [5, 5.41) is 10.9. The van der Waals surface area contributed by atoms with Crippen LogP contribution in [0, 0.1) is 0 Å². The number of benzene rings is 1. The second kappa shape index (κ2) is 7.77. The first-order chi connectivity index (χ1) is 11.0. The van der Waals surface area contributed by atoms with Gasteiger partial charge in [-0.15, -0.1) is 10.2 Å². The van der Waals surface area contributed by atoms with E-state index in [1.807, 2.05) is 31.2 Å². The van der Waals surface area contributed by atoms with Crippen LogP contribution in [-0.4, -0.2) is 31.0 Å². The molecular formula is C15H20N4O3S. The number of nitrogens with one attached hydrogen (secondary N) is 2. The largest absolute Gasteiger partial charge is 0.494 e. The van der Waals surface area contributed by atoms with Gasteiger partial charge in [-0.3, -0.25) is 4.72 Å². The van der Waals surface area contributed by atoms with E-state index < -0.39 is 10.0 Å². The van der Waals surface area contributed by atoms with Gasteiger partial charge in [-0.25, -0.2) is 8.42 Å². The van der Waals surface area contributed by atoms with Crippen molar-refractivity contribution in [1.29, 1.82) is 0 Å². The van der Waals surface area contributed by atoms with E-state index >= 15 is 0 Å². The minimum atomic E-state index is -3.35. The van der Waals surface area contributed by atoms with E-state index in [-0.39, 0.29) is 11.6 Å². The molecule has 0 spiro atoms. The minimum Gasteiger partial charge on any atom is -0.494 e. The third-order valence-corrected chi connectivity index (χ3v) is 4.30. The fourth-order valence-corrected chi connectivity index (χ4v) is 2.95. The molecule has 0 aliphatic carbocycles. The number of ether oxygens (including phenoxy) is 1. The fourth-order valence-electron chi connectivity index (χ4n) is 1.88. The van der Waals surface area contributed by atoms with Crippen LogP contribution in [0.3, 0.4) is 0 Å². The minimum absolute atomic E-state index is 0.0564. The maximum Gasteiger partial charge on any atom is 0.233 e. The monoisotopic (exact) mass is 336 g/mol. The van der Waals surface area contributed by atoms with Gasteiger partial charge >= 0.3 is 0 Å². The molecule has 0 amide bonds. The van der Waals surface area contributed by atoms with E-state index in [9.17, 15) is 8.42 Å². The molecule has 0 radical (unpaired) electrons. The number of rotatable bonds is 8. The predicted octanol–water partition coefficient (Wildman–Crippen LogP) is 2.77. The van der Waals surface area contributed by atoms with Crippen LogP contribution in [0.4, 0.5) is 17.3 Å². The number of nitrogens with zero attached hydrogens (tertiary/aromatic N) is 2. The van der Waals surface area contributed by atoms with Crippen molar-refractivity contribution >= 4 is 27.3 Å².